The molecule has 0 spiro atoms. The fourth-order valence-corrected chi connectivity index (χ4v) is 2.74. The van der Waals surface area contributed by atoms with Gasteiger partial charge in [-0.1, -0.05) is 192 Å². The topological polar surface area (TPSA) is 291 Å². The molecule has 1 fully saturated rings. The van der Waals surface area contributed by atoms with E-state index in [9.17, 15) is 38.4 Å². The second-order valence-electron chi connectivity index (χ2n) is 8.90. The maximum atomic E-state index is 11.4. The van der Waals surface area contributed by atoms with Crippen LogP contribution in [0.4, 0.5) is 0 Å². The van der Waals surface area contributed by atoms with E-state index in [-0.39, 0.29) is 316 Å². The number of hydrogen-bond acceptors (Lipinski definition) is 20. The molecule has 0 aromatic rings. The molecule has 0 aliphatic carbocycles. The minimum atomic E-state index is -0.940. The number of carbonyl (C=O) groups excluding carboxylic acids is 8. The van der Waals surface area contributed by atoms with Crippen LogP contribution in [0.1, 0.15) is 237 Å². The third-order valence-corrected chi connectivity index (χ3v) is 4.99. The van der Waals surface area contributed by atoms with Gasteiger partial charge in [0.15, 0.2) is 19.8 Å². The van der Waals surface area contributed by atoms with Crippen LogP contribution in [0, 0.1) is 0 Å². The summed E-state index contributed by atoms with van der Waals surface area (Å²) in [5.74, 6) is -4.94. The molecule has 0 aromatic heterocycles. The van der Waals surface area contributed by atoms with Crippen molar-refractivity contribution in [2.45, 2.75) is 237 Å². The summed E-state index contributed by atoms with van der Waals surface area (Å²) in [6.07, 6.45) is 4.39. The second-order valence-corrected chi connectivity index (χ2v) is 8.90. The van der Waals surface area contributed by atoms with Crippen molar-refractivity contribution in [1.29, 1.82) is 0 Å². The Morgan fingerprint density at radius 3 is 0.827 bits per heavy atom. The molecular weight excluding hydrogens is 1130 g/mol. The van der Waals surface area contributed by atoms with Crippen LogP contribution in [-0.4, -0.2) is 147 Å². The van der Waals surface area contributed by atoms with Crippen molar-refractivity contribution >= 4 is 47.8 Å². The maximum Gasteiger partial charge on any atom is 0.344 e. The molecule has 75 heavy (non-hydrogen) atoms. The Morgan fingerprint density at radius 2 is 0.560 bits per heavy atom. The Morgan fingerprint density at radius 1 is 0.320 bits per heavy atom. The molecule has 1 aliphatic heterocycles. The second kappa shape index (κ2) is 145. The zero-order chi connectivity index (χ0) is 36.4. The molecule has 0 amide bonds. The quantitative estimate of drug-likeness (QED) is 0.0445. The summed E-state index contributed by atoms with van der Waals surface area (Å²) in [6, 6.07) is 0. The molecule has 2 radical (unpaired) electrons. The van der Waals surface area contributed by atoms with Crippen LogP contribution >= 0.6 is 0 Å². The van der Waals surface area contributed by atoms with Gasteiger partial charge in [-0.3, -0.25) is 9.59 Å². The van der Waals surface area contributed by atoms with Crippen LogP contribution in [0.3, 0.4) is 0 Å². The number of aliphatic hydroxyl groups is 4. The summed E-state index contributed by atoms with van der Waals surface area (Å²) in [6.45, 7) is -3.24. The molecule has 0 aromatic carbocycles. The van der Waals surface area contributed by atoms with E-state index < -0.39 is 68.2 Å². The minimum absolute atomic E-state index is 0. The third kappa shape index (κ3) is 153. The number of unbranched alkanes of at least 4 members (excludes halogenated alkanes) is 4. The van der Waals surface area contributed by atoms with Gasteiger partial charge in [-0.15, -0.1) is 0 Å². The van der Waals surface area contributed by atoms with Gasteiger partial charge < -0.3 is 58.3 Å². The van der Waals surface area contributed by atoms with Crippen molar-refractivity contribution in [3.8, 4) is 0 Å². The molecule has 0 atom stereocenters. The zero-order valence-electron chi connectivity index (χ0n) is 27.6. The predicted octanol–water partition coefficient (Wildman–Crippen LogP) is 13.3. The van der Waals surface area contributed by atoms with E-state index in [2.05, 4.69) is 28.4 Å². The first-order chi connectivity index (χ1) is 23.0. The van der Waals surface area contributed by atoms with E-state index in [1.807, 2.05) is 0 Å². The van der Waals surface area contributed by atoms with E-state index in [1.165, 1.54) is 0 Å². The van der Waals surface area contributed by atoms with Crippen LogP contribution in [-0.2, 0) is 142 Å². The maximum absolute atomic E-state index is 11.4. The average molecular weight is 1280 g/mol. The van der Waals surface area contributed by atoms with E-state index >= 15 is 0 Å². The van der Waals surface area contributed by atoms with Gasteiger partial charge in [0.05, 0.1) is 6.61 Å². The van der Waals surface area contributed by atoms with Crippen LogP contribution in [0.25, 0.3) is 0 Å². The Labute approximate surface area is 522 Å². The Hall–Kier alpha value is -2.19. The SMILES string of the molecule is C.C.C.C.C.C.C.C.C.C.C.C.C.C.C.C.C.C.C.C.C.C.C.C.C.O=C(CO)OCCCCCC(=O)OCCOC(=O)COC(=O)CO.O=C(CO)OCCOC(=O)CCCCCO.O=C1COC(=O)CO1.[Y].[Y]. The fraction of sp³-hybridized carbons (Fsp3) is 0.849. The smallest absolute Gasteiger partial charge is 0.344 e. The average Bonchev–Trinajstić information content (AvgIpc) is 3.08. The molecule has 0 bridgehead atoms. The number of rotatable bonds is 22. The van der Waals surface area contributed by atoms with Gasteiger partial charge in [0.25, 0.3) is 0 Å². The molecule has 0 saturated carbocycles. The van der Waals surface area contributed by atoms with Crippen molar-refractivity contribution in [3.63, 3.8) is 0 Å². The standard InChI is InChI=1S/C14H22O10.C10H18O6.C4H4O4.25CH4.2Y/c15-8-12(18)21-5-3-1-2-4-11(17)22-6-7-23-14(20)10-24-13(19)9-16;11-5-3-1-2-4-9(13)15-6-7-16-10(14)8-12;5-3-1-7-4(6)2-8-3;;;;;;;;;;;;;;;;;;;;;;;;;;;/h15-16H,1-10H2;11-12H,1-8H2;1-2H2;25*1H4;;. The Bertz CT molecular complexity index is 965. The monoisotopic (exact) mass is 1280 g/mol. The molecule has 1 saturated heterocycles. The number of ether oxygens (including phenoxy) is 8. The summed E-state index contributed by atoms with van der Waals surface area (Å²) >= 11 is 0. The van der Waals surface area contributed by atoms with Gasteiger partial charge in [-0.2, -0.15) is 0 Å². The van der Waals surface area contributed by atoms with Crippen molar-refractivity contribution in [2.24, 2.45) is 0 Å². The molecule has 482 valence electrons. The molecular formula is C53H144O20Y2. The van der Waals surface area contributed by atoms with Gasteiger partial charge >= 0.3 is 47.8 Å². The first-order valence-corrected chi connectivity index (χ1v) is 14.7. The van der Waals surface area contributed by atoms with Gasteiger partial charge in [-0.05, 0) is 32.1 Å². The molecule has 1 aliphatic rings. The summed E-state index contributed by atoms with van der Waals surface area (Å²) in [5, 5.41) is 33.6. The van der Waals surface area contributed by atoms with Crippen molar-refractivity contribution in [2.75, 3.05) is 79.3 Å². The van der Waals surface area contributed by atoms with Crippen molar-refractivity contribution in [1.82, 2.24) is 0 Å². The molecule has 4 N–H and O–H groups in total. The first-order valence-electron chi connectivity index (χ1n) is 14.7. The van der Waals surface area contributed by atoms with Gasteiger partial charge in [0.2, 0.25) is 0 Å². The largest absolute Gasteiger partial charge is 0.464 e. The normalized spacial score (nSPS) is 7.36. The summed E-state index contributed by atoms with van der Waals surface area (Å²) in [7, 11) is 0. The van der Waals surface area contributed by atoms with E-state index in [0.717, 1.165) is 6.42 Å². The fourth-order valence-electron chi connectivity index (χ4n) is 2.74. The van der Waals surface area contributed by atoms with Crippen LogP contribution in [0.15, 0.2) is 0 Å². The third-order valence-electron chi connectivity index (χ3n) is 4.99. The Balaban J connectivity index is -0.0000000140. The molecule has 20 nitrogen and oxygen atoms in total. The zero-order valence-corrected chi connectivity index (χ0v) is 33.3. The van der Waals surface area contributed by atoms with Gasteiger partial charge in [-0.25, -0.2) is 28.8 Å². The summed E-state index contributed by atoms with van der Waals surface area (Å²) in [5.41, 5.74) is 0. The number of carbonyl (C=O) groups is 8. The van der Waals surface area contributed by atoms with Gasteiger partial charge in [0, 0.05) is 84.9 Å². The van der Waals surface area contributed by atoms with E-state index in [1.54, 1.807) is 0 Å². The number of aliphatic hydroxyl groups excluding tert-OH is 4. The van der Waals surface area contributed by atoms with Crippen LogP contribution < -0.4 is 0 Å². The van der Waals surface area contributed by atoms with Crippen LogP contribution in [0.5, 0.6) is 0 Å². The van der Waals surface area contributed by atoms with Gasteiger partial charge in [0.1, 0.15) is 46.2 Å². The first kappa shape index (κ1) is 196. The van der Waals surface area contributed by atoms with Crippen LogP contribution in [0.2, 0.25) is 0 Å². The van der Waals surface area contributed by atoms with E-state index in [4.69, 9.17) is 29.9 Å². The summed E-state index contributed by atoms with van der Waals surface area (Å²) < 4.78 is 36.2. The summed E-state index contributed by atoms with van der Waals surface area (Å²) in [4.78, 5) is 85.3. The Kier molecular flexibility index (Phi) is 379. The number of cyclic esters (lactones) is 2. The minimum Gasteiger partial charge on any atom is -0.464 e. The number of hydrogen-bond donors (Lipinski definition) is 4. The van der Waals surface area contributed by atoms with E-state index in [0.29, 0.717) is 38.5 Å². The predicted molar refractivity (Wildman–Crippen MR) is 321 cm³/mol. The van der Waals surface area contributed by atoms with Crippen molar-refractivity contribution in [3.05, 3.63) is 0 Å². The number of esters is 8. The molecule has 22 heteroatoms. The molecule has 1 heterocycles. The molecule has 1 rings (SSSR count). The van der Waals surface area contributed by atoms with Crippen molar-refractivity contribution < 1.29 is 162 Å². The molecule has 0 unspecified atom stereocenters.